The van der Waals surface area contributed by atoms with E-state index in [0.717, 1.165) is 25.9 Å². The van der Waals surface area contributed by atoms with Gasteiger partial charge in [0.2, 0.25) is 0 Å². The molecule has 2 nitrogen and oxygen atoms in total. The summed E-state index contributed by atoms with van der Waals surface area (Å²) < 4.78 is 10.8. The Morgan fingerprint density at radius 3 is 3.14 bits per heavy atom. The molecule has 2 heteroatoms. The zero-order valence-corrected chi connectivity index (χ0v) is 8.79. The Balaban J connectivity index is 2.06. The lowest BCUT2D eigenvalue weighted by Gasteiger charge is -2.21. The lowest BCUT2D eigenvalue weighted by Crippen LogP contribution is -2.22. The van der Waals surface area contributed by atoms with Crippen molar-refractivity contribution in [1.29, 1.82) is 0 Å². The van der Waals surface area contributed by atoms with Gasteiger partial charge in [-0.1, -0.05) is 24.8 Å². The maximum atomic E-state index is 5.43. The van der Waals surface area contributed by atoms with E-state index in [-0.39, 0.29) is 6.29 Å². The summed E-state index contributed by atoms with van der Waals surface area (Å²) in [4.78, 5) is 0. The van der Waals surface area contributed by atoms with Gasteiger partial charge in [-0.15, -0.1) is 0 Å². The molecule has 0 saturated carbocycles. The predicted octanol–water partition coefficient (Wildman–Crippen LogP) is 2.50. The first-order valence-electron chi connectivity index (χ1n) is 5.30. The largest absolute Gasteiger partial charge is 0.353 e. The highest BCUT2D eigenvalue weighted by atomic mass is 16.7. The van der Waals surface area contributed by atoms with Crippen LogP contribution in [-0.4, -0.2) is 19.5 Å². The first-order valence-corrected chi connectivity index (χ1v) is 5.30. The summed E-state index contributed by atoms with van der Waals surface area (Å²) in [6.07, 6.45) is 8.27. The van der Waals surface area contributed by atoms with Crippen LogP contribution in [0.25, 0.3) is 0 Å². The average Bonchev–Trinajstić information content (AvgIpc) is 2.25. The van der Waals surface area contributed by atoms with Crippen molar-refractivity contribution in [3.63, 3.8) is 0 Å². The van der Waals surface area contributed by atoms with E-state index in [9.17, 15) is 0 Å². The van der Waals surface area contributed by atoms with E-state index in [2.05, 4.69) is 18.8 Å². The highest BCUT2D eigenvalue weighted by Gasteiger charge is 2.12. The molecule has 78 valence electrons. The van der Waals surface area contributed by atoms with E-state index in [4.69, 9.17) is 9.47 Å². The third-order valence-corrected chi connectivity index (χ3v) is 2.02. The summed E-state index contributed by atoms with van der Waals surface area (Å²) in [5.74, 6) is 5.84. The second-order valence-corrected chi connectivity index (χ2v) is 3.24. The molecule has 0 N–H and O–H groups in total. The molecule has 0 aliphatic carbocycles. The van der Waals surface area contributed by atoms with Gasteiger partial charge in [0, 0.05) is 6.61 Å². The molecule has 1 rings (SSSR count). The van der Waals surface area contributed by atoms with Crippen LogP contribution >= 0.6 is 0 Å². The van der Waals surface area contributed by atoms with Gasteiger partial charge in [0.15, 0.2) is 6.29 Å². The summed E-state index contributed by atoms with van der Waals surface area (Å²) in [7, 11) is 0. The molecule has 1 unspecified atom stereocenters. The van der Waals surface area contributed by atoms with Crippen molar-refractivity contribution in [2.75, 3.05) is 13.2 Å². The average molecular weight is 194 g/mol. The second kappa shape index (κ2) is 7.61. The summed E-state index contributed by atoms with van der Waals surface area (Å²) in [6.45, 7) is 3.39. The van der Waals surface area contributed by atoms with Crippen molar-refractivity contribution in [3.8, 4) is 11.8 Å². The second-order valence-electron chi connectivity index (χ2n) is 3.24. The molecule has 14 heavy (non-hydrogen) atoms. The van der Waals surface area contributed by atoms with Gasteiger partial charge in [-0.2, -0.15) is 0 Å². The third kappa shape index (κ3) is 5.06. The molecule has 1 aliphatic heterocycles. The monoisotopic (exact) mass is 194 g/mol. The normalized spacial score (nSPS) is 21.9. The standard InChI is InChI=1S/C12H18O2/c1-2-3-4-5-7-10-13-12-9-6-8-11-14-12/h3-4,12H,2,6,8-11H2,1H3/b4-3-. The fraction of sp³-hybridized carbons (Fsp3) is 0.667. The zero-order chi connectivity index (χ0) is 10.1. The van der Waals surface area contributed by atoms with Crippen molar-refractivity contribution >= 4 is 0 Å². The van der Waals surface area contributed by atoms with Crippen molar-refractivity contribution < 1.29 is 9.47 Å². The summed E-state index contributed by atoms with van der Waals surface area (Å²) >= 11 is 0. The number of rotatable bonds is 3. The minimum atomic E-state index is -0.0202. The van der Waals surface area contributed by atoms with Crippen LogP contribution in [-0.2, 0) is 9.47 Å². The van der Waals surface area contributed by atoms with Gasteiger partial charge in [-0.05, 0) is 31.8 Å². The molecule has 0 aromatic rings. The highest BCUT2D eigenvalue weighted by molar-refractivity contribution is 5.15. The van der Waals surface area contributed by atoms with Crippen molar-refractivity contribution in [1.82, 2.24) is 0 Å². The topological polar surface area (TPSA) is 18.5 Å². The Kier molecular flexibility index (Phi) is 6.14. The fourth-order valence-corrected chi connectivity index (χ4v) is 1.25. The molecule has 0 aromatic heterocycles. The van der Waals surface area contributed by atoms with Crippen LogP contribution in [0.1, 0.15) is 32.6 Å². The quantitative estimate of drug-likeness (QED) is 0.643. The van der Waals surface area contributed by atoms with E-state index >= 15 is 0 Å². The van der Waals surface area contributed by atoms with Gasteiger partial charge < -0.3 is 9.47 Å². The summed E-state index contributed by atoms with van der Waals surface area (Å²) in [5, 5.41) is 0. The van der Waals surface area contributed by atoms with E-state index in [0.29, 0.717) is 6.61 Å². The first-order chi connectivity index (χ1) is 6.93. The molecular weight excluding hydrogens is 176 g/mol. The molecule has 1 saturated heterocycles. The lowest BCUT2D eigenvalue weighted by atomic mass is 10.2. The van der Waals surface area contributed by atoms with Gasteiger partial charge in [-0.25, -0.2) is 0 Å². The van der Waals surface area contributed by atoms with Gasteiger partial charge in [0.1, 0.15) is 6.61 Å². The molecule has 1 fully saturated rings. The van der Waals surface area contributed by atoms with E-state index in [1.807, 2.05) is 12.2 Å². The van der Waals surface area contributed by atoms with Crippen molar-refractivity contribution in [2.24, 2.45) is 0 Å². The van der Waals surface area contributed by atoms with E-state index in [1.165, 1.54) is 6.42 Å². The Bertz CT molecular complexity index is 216. The van der Waals surface area contributed by atoms with Gasteiger partial charge in [0.05, 0.1) is 0 Å². The van der Waals surface area contributed by atoms with Crippen LogP contribution in [0, 0.1) is 11.8 Å². The summed E-state index contributed by atoms with van der Waals surface area (Å²) in [6, 6.07) is 0. The smallest absolute Gasteiger partial charge is 0.158 e. The first kappa shape index (κ1) is 11.3. The number of ether oxygens (including phenoxy) is 2. The highest BCUT2D eigenvalue weighted by Crippen LogP contribution is 2.12. The number of allylic oxidation sites excluding steroid dienone is 2. The van der Waals surface area contributed by atoms with Crippen molar-refractivity contribution in [2.45, 2.75) is 38.9 Å². The molecule has 1 heterocycles. The van der Waals surface area contributed by atoms with Crippen LogP contribution in [0.3, 0.4) is 0 Å². The molecule has 0 radical (unpaired) electrons. The van der Waals surface area contributed by atoms with Crippen molar-refractivity contribution in [3.05, 3.63) is 12.2 Å². The predicted molar refractivity (Wildman–Crippen MR) is 56.8 cm³/mol. The fourth-order valence-electron chi connectivity index (χ4n) is 1.25. The van der Waals surface area contributed by atoms with Gasteiger partial charge in [0.25, 0.3) is 0 Å². The molecular formula is C12H18O2. The molecule has 0 amide bonds. The Labute approximate surface area is 86.3 Å². The number of hydrogen-bond donors (Lipinski definition) is 0. The third-order valence-electron chi connectivity index (χ3n) is 2.02. The maximum Gasteiger partial charge on any atom is 0.158 e. The Hall–Kier alpha value is -0.780. The van der Waals surface area contributed by atoms with Crippen LogP contribution < -0.4 is 0 Å². The molecule has 0 aromatic carbocycles. The maximum absolute atomic E-state index is 5.43. The SMILES string of the molecule is CC/C=C\C#CCOC1CCCCO1. The lowest BCUT2D eigenvalue weighted by molar-refractivity contribution is -0.154. The zero-order valence-electron chi connectivity index (χ0n) is 8.79. The van der Waals surface area contributed by atoms with Gasteiger partial charge >= 0.3 is 0 Å². The molecule has 1 atom stereocenters. The molecule has 1 aliphatic rings. The Morgan fingerprint density at radius 2 is 2.43 bits per heavy atom. The van der Waals surface area contributed by atoms with Gasteiger partial charge in [-0.3, -0.25) is 0 Å². The molecule has 0 bridgehead atoms. The minimum absolute atomic E-state index is 0.0202. The number of hydrogen-bond acceptors (Lipinski definition) is 2. The minimum Gasteiger partial charge on any atom is -0.353 e. The summed E-state index contributed by atoms with van der Waals surface area (Å²) in [5.41, 5.74) is 0. The molecule has 0 spiro atoms. The Morgan fingerprint density at radius 1 is 1.50 bits per heavy atom. The van der Waals surface area contributed by atoms with Crippen LogP contribution in [0.4, 0.5) is 0 Å². The van der Waals surface area contributed by atoms with E-state index in [1.54, 1.807) is 0 Å². The van der Waals surface area contributed by atoms with Crippen LogP contribution in [0.2, 0.25) is 0 Å². The van der Waals surface area contributed by atoms with E-state index < -0.39 is 0 Å². The van der Waals surface area contributed by atoms with Crippen LogP contribution in [0.15, 0.2) is 12.2 Å². The van der Waals surface area contributed by atoms with Crippen LogP contribution in [0.5, 0.6) is 0 Å².